The number of benzene rings is 1. The molecule has 23 heavy (non-hydrogen) atoms. The van der Waals surface area contributed by atoms with Crippen LogP contribution in [0.15, 0.2) is 22.3 Å². The van der Waals surface area contributed by atoms with E-state index in [4.69, 9.17) is 21.1 Å². The summed E-state index contributed by atoms with van der Waals surface area (Å²) in [6.45, 7) is 6.23. The molecule has 1 heterocycles. The molecule has 0 aliphatic carbocycles. The number of halogens is 1. The van der Waals surface area contributed by atoms with E-state index in [1.807, 2.05) is 20.8 Å². The molecule has 1 aromatic rings. The largest absolute Gasteiger partial charge is 0.490 e. The molecule has 8 heteroatoms. The van der Waals surface area contributed by atoms with E-state index < -0.39 is 0 Å². The molecular formula is C15H18ClN3O3S. The second kappa shape index (κ2) is 8.21. The Morgan fingerprint density at radius 2 is 2.26 bits per heavy atom. The first-order valence-electron chi connectivity index (χ1n) is 7.16. The van der Waals surface area contributed by atoms with Crippen molar-refractivity contribution in [1.82, 2.24) is 5.32 Å². The molecular weight excluding hydrogens is 338 g/mol. The van der Waals surface area contributed by atoms with Crippen molar-refractivity contribution >= 4 is 40.7 Å². The Morgan fingerprint density at radius 3 is 2.87 bits per heavy atom. The van der Waals surface area contributed by atoms with Crippen molar-refractivity contribution in [2.24, 2.45) is 10.2 Å². The summed E-state index contributed by atoms with van der Waals surface area (Å²) in [5, 5.41) is 11.4. The first-order valence-corrected chi connectivity index (χ1v) is 8.52. The van der Waals surface area contributed by atoms with Gasteiger partial charge in [0.05, 0.1) is 29.7 Å². The molecule has 1 fully saturated rings. The normalized spacial score (nSPS) is 16.4. The van der Waals surface area contributed by atoms with Gasteiger partial charge in [0, 0.05) is 5.56 Å². The van der Waals surface area contributed by atoms with E-state index in [0.717, 1.165) is 5.56 Å². The number of nitrogens with zero attached hydrogens (tertiary/aromatic N) is 2. The van der Waals surface area contributed by atoms with Crippen LogP contribution in [-0.4, -0.2) is 35.8 Å². The van der Waals surface area contributed by atoms with Crippen LogP contribution in [0.4, 0.5) is 0 Å². The summed E-state index contributed by atoms with van der Waals surface area (Å²) < 4.78 is 11.3. The molecule has 0 unspecified atom stereocenters. The fourth-order valence-electron chi connectivity index (χ4n) is 1.80. The SMILES string of the molecule is CCOc1cc(C=NN=C2NC(=O)CS2)cc(Cl)c1OC(C)C. The second-order valence-corrected chi connectivity index (χ2v) is 6.29. The number of carbonyl (C=O) groups is 1. The van der Waals surface area contributed by atoms with Gasteiger partial charge in [0.1, 0.15) is 0 Å². The third-order valence-electron chi connectivity index (χ3n) is 2.63. The zero-order valence-electron chi connectivity index (χ0n) is 13.1. The minimum atomic E-state index is -0.0687. The van der Waals surface area contributed by atoms with Gasteiger partial charge in [-0.15, -0.1) is 5.10 Å². The highest BCUT2D eigenvalue weighted by Crippen LogP contribution is 2.37. The van der Waals surface area contributed by atoms with Crippen LogP contribution < -0.4 is 14.8 Å². The summed E-state index contributed by atoms with van der Waals surface area (Å²) in [7, 11) is 0. The van der Waals surface area contributed by atoms with Gasteiger partial charge >= 0.3 is 0 Å². The molecule has 1 saturated heterocycles. The number of amides is 1. The number of rotatable bonds is 6. The third-order valence-corrected chi connectivity index (χ3v) is 3.77. The van der Waals surface area contributed by atoms with Crippen molar-refractivity contribution in [3.05, 3.63) is 22.7 Å². The number of hydrogen-bond donors (Lipinski definition) is 1. The fraction of sp³-hybridized carbons (Fsp3) is 0.400. The predicted molar refractivity (Wildman–Crippen MR) is 94.0 cm³/mol. The van der Waals surface area contributed by atoms with Crippen molar-refractivity contribution in [2.45, 2.75) is 26.9 Å². The van der Waals surface area contributed by atoms with Crippen molar-refractivity contribution in [3.8, 4) is 11.5 Å². The molecule has 0 atom stereocenters. The minimum Gasteiger partial charge on any atom is -0.490 e. The van der Waals surface area contributed by atoms with E-state index in [1.165, 1.54) is 11.8 Å². The molecule has 124 valence electrons. The Labute approximate surface area is 144 Å². The lowest BCUT2D eigenvalue weighted by Crippen LogP contribution is -2.19. The minimum absolute atomic E-state index is 0.0133. The van der Waals surface area contributed by atoms with E-state index in [2.05, 4.69) is 15.5 Å². The molecule has 6 nitrogen and oxygen atoms in total. The molecule has 0 spiro atoms. The summed E-state index contributed by atoms with van der Waals surface area (Å²) >= 11 is 7.59. The van der Waals surface area contributed by atoms with Gasteiger partial charge < -0.3 is 14.8 Å². The van der Waals surface area contributed by atoms with E-state index in [-0.39, 0.29) is 12.0 Å². The summed E-state index contributed by atoms with van der Waals surface area (Å²) in [6.07, 6.45) is 1.53. The smallest absolute Gasteiger partial charge is 0.236 e. The summed E-state index contributed by atoms with van der Waals surface area (Å²) in [4.78, 5) is 11.1. The predicted octanol–water partition coefficient (Wildman–Crippen LogP) is 3.08. The molecule has 0 saturated carbocycles. The van der Waals surface area contributed by atoms with Gasteiger partial charge in [0.2, 0.25) is 5.91 Å². The highest BCUT2D eigenvalue weighted by atomic mass is 35.5. The Balaban J connectivity index is 2.20. The van der Waals surface area contributed by atoms with E-state index >= 15 is 0 Å². The number of amidine groups is 1. The molecule has 1 aliphatic heterocycles. The first kappa shape index (κ1) is 17.6. The maximum atomic E-state index is 11.1. The van der Waals surface area contributed by atoms with Gasteiger partial charge in [-0.25, -0.2) is 0 Å². The van der Waals surface area contributed by atoms with E-state index in [1.54, 1.807) is 18.3 Å². The van der Waals surface area contributed by atoms with Crippen molar-refractivity contribution in [1.29, 1.82) is 0 Å². The van der Waals surface area contributed by atoms with Crippen LogP contribution in [0, 0.1) is 0 Å². The Bertz CT molecular complexity index is 647. The van der Waals surface area contributed by atoms with Gasteiger partial charge in [-0.1, -0.05) is 23.4 Å². The van der Waals surface area contributed by atoms with Gasteiger partial charge in [-0.3, -0.25) is 4.79 Å². The fourth-order valence-corrected chi connectivity index (χ4v) is 2.70. The van der Waals surface area contributed by atoms with E-state index in [0.29, 0.717) is 34.0 Å². The van der Waals surface area contributed by atoms with Gasteiger partial charge in [0.15, 0.2) is 16.7 Å². The summed E-state index contributed by atoms with van der Waals surface area (Å²) in [5.41, 5.74) is 0.730. The average molecular weight is 356 g/mol. The van der Waals surface area contributed by atoms with Crippen LogP contribution in [0.2, 0.25) is 5.02 Å². The van der Waals surface area contributed by atoms with Crippen LogP contribution >= 0.6 is 23.4 Å². The highest BCUT2D eigenvalue weighted by molar-refractivity contribution is 8.15. The molecule has 0 bridgehead atoms. The zero-order chi connectivity index (χ0) is 16.8. The lowest BCUT2D eigenvalue weighted by molar-refractivity contribution is -0.116. The summed E-state index contributed by atoms with van der Waals surface area (Å²) in [5.74, 6) is 1.38. The standard InChI is InChI=1S/C15H18ClN3O3S/c1-4-21-12-6-10(5-11(16)14(12)22-9(2)3)7-17-19-15-18-13(20)8-23-15/h5-7,9H,4,8H2,1-3H3,(H,18,19,20). The third kappa shape index (κ3) is 5.14. The first-order chi connectivity index (χ1) is 11.0. The number of thioether (sulfide) groups is 1. The lowest BCUT2D eigenvalue weighted by Gasteiger charge is -2.16. The number of carbonyl (C=O) groups excluding carboxylic acids is 1. The summed E-state index contributed by atoms with van der Waals surface area (Å²) in [6, 6.07) is 3.52. The van der Waals surface area contributed by atoms with Crippen LogP contribution in [0.5, 0.6) is 11.5 Å². The van der Waals surface area contributed by atoms with Crippen molar-refractivity contribution in [3.63, 3.8) is 0 Å². The zero-order valence-corrected chi connectivity index (χ0v) is 14.7. The molecule has 1 aromatic carbocycles. The topological polar surface area (TPSA) is 72.3 Å². The van der Waals surface area contributed by atoms with Crippen LogP contribution in [-0.2, 0) is 4.79 Å². The quantitative estimate of drug-likeness (QED) is 0.628. The average Bonchev–Trinajstić information content (AvgIpc) is 2.88. The number of ether oxygens (including phenoxy) is 2. The molecule has 0 radical (unpaired) electrons. The van der Waals surface area contributed by atoms with E-state index in [9.17, 15) is 4.79 Å². The van der Waals surface area contributed by atoms with Gasteiger partial charge in [-0.2, -0.15) is 5.10 Å². The lowest BCUT2D eigenvalue weighted by atomic mass is 10.2. The maximum absolute atomic E-state index is 11.1. The van der Waals surface area contributed by atoms with Crippen molar-refractivity contribution in [2.75, 3.05) is 12.4 Å². The van der Waals surface area contributed by atoms with Gasteiger partial charge in [0.25, 0.3) is 0 Å². The highest BCUT2D eigenvalue weighted by Gasteiger charge is 2.16. The molecule has 1 amide bonds. The Hall–Kier alpha value is -1.73. The molecule has 0 aromatic heterocycles. The monoisotopic (exact) mass is 355 g/mol. The number of nitrogens with one attached hydrogen (secondary N) is 1. The van der Waals surface area contributed by atoms with Gasteiger partial charge in [-0.05, 0) is 32.9 Å². The van der Waals surface area contributed by atoms with Crippen LogP contribution in [0.1, 0.15) is 26.3 Å². The Morgan fingerprint density at radius 1 is 1.48 bits per heavy atom. The second-order valence-electron chi connectivity index (χ2n) is 4.92. The van der Waals surface area contributed by atoms with Crippen molar-refractivity contribution < 1.29 is 14.3 Å². The molecule has 1 aliphatic rings. The molecule has 2 rings (SSSR count). The van der Waals surface area contributed by atoms with Crippen LogP contribution in [0.25, 0.3) is 0 Å². The molecule has 1 N–H and O–H groups in total. The Kier molecular flexibility index (Phi) is 6.29. The number of hydrogen-bond acceptors (Lipinski definition) is 6. The van der Waals surface area contributed by atoms with Crippen LogP contribution in [0.3, 0.4) is 0 Å². The maximum Gasteiger partial charge on any atom is 0.236 e.